The monoisotopic (exact) mass is 352 g/mol. The molecule has 26 heavy (non-hydrogen) atoms. The van der Waals surface area contributed by atoms with Gasteiger partial charge in [0.25, 0.3) is 5.91 Å². The quantitative estimate of drug-likeness (QED) is 0.866. The van der Waals surface area contributed by atoms with Gasteiger partial charge in [0.2, 0.25) is 0 Å². The fourth-order valence-electron chi connectivity index (χ4n) is 3.50. The van der Waals surface area contributed by atoms with Gasteiger partial charge < -0.3 is 15.0 Å². The third-order valence-electron chi connectivity index (χ3n) is 5.12. The molecule has 1 saturated heterocycles. The van der Waals surface area contributed by atoms with Crippen molar-refractivity contribution in [2.24, 2.45) is 5.92 Å². The Hall–Kier alpha value is -2.49. The first-order valence-corrected chi connectivity index (χ1v) is 9.36. The molecule has 1 heterocycles. The Morgan fingerprint density at radius 2 is 1.85 bits per heavy atom. The number of amides is 1. The van der Waals surface area contributed by atoms with Gasteiger partial charge in [-0.1, -0.05) is 19.1 Å². The van der Waals surface area contributed by atoms with Crippen molar-refractivity contribution in [2.45, 2.75) is 32.7 Å². The maximum atomic E-state index is 12.4. The zero-order valence-corrected chi connectivity index (χ0v) is 15.9. The SMILES string of the molecule is COc1ccc(C(=O)N[C@@H](C)c2ccc(N3CCC[C@@H](C)C3)cc2)cc1. The third-order valence-corrected chi connectivity index (χ3v) is 5.12. The van der Waals surface area contributed by atoms with Crippen molar-refractivity contribution in [2.75, 3.05) is 25.1 Å². The van der Waals surface area contributed by atoms with E-state index in [1.165, 1.54) is 18.5 Å². The zero-order chi connectivity index (χ0) is 18.5. The first kappa shape index (κ1) is 18.3. The predicted molar refractivity (Wildman–Crippen MR) is 106 cm³/mol. The Bertz CT molecular complexity index is 725. The number of anilines is 1. The lowest BCUT2D eigenvalue weighted by atomic mass is 9.99. The molecule has 0 bridgehead atoms. The molecule has 1 aliphatic rings. The van der Waals surface area contributed by atoms with Crippen LogP contribution in [0.5, 0.6) is 5.75 Å². The smallest absolute Gasteiger partial charge is 0.251 e. The van der Waals surface area contributed by atoms with E-state index in [4.69, 9.17) is 4.74 Å². The van der Waals surface area contributed by atoms with Crippen LogP contribution in [-0.2, 0) is 0 Å². The Labute approximate surface area is 156 Å². The van der Waals surface area contributed by atoms with Gasteiger partial charge in [-0.15, -0.1) is 0 Å². The summed E-state index contributed by atoms with van der Waals surface area (Å²) in [7, 11) is 1.62. The summed E-state index contributed by atoms with van der Waals surface area (Å²) < 4.78 is 5.13. The van der Waals surface area contributed by atoms with Gasteiger partial charge in [-0.2, -0.15) is 0 Å². The minimum absolute atomic E-state index is 0.0427. The fraction of sp³-hybridized carbons (Fsp3) is 0.409. The lowest BCUT2D eigenvalue weighted by Crippen LogP contribution is -2.34. The van der Waals surface area contributed by atoms with E-state index in [9.17, 15) is 4.79 Å². The van der Waals surface area contributed by atoms with Crippen LogP contribution in [0.3, 0.4) is 0 Å². The Balaban J connectivity index is 1.62. The van der Waals surface area contributed by atoms with Crippen molar-refractivity contribution in [3.05, 3.63) is 59.7 Å². The molecular weight excluding hydrogens is 324 g/mol. The van der Waals surface area contributed by atoms with E-state index in [0.29, 0.717) is 5.56 Å². The highest BCUT2D eigenvalue weighted by atomic mass is 16.5. The maximum Gasteiger partial charge on any atom is 0.251 e. The highest BCUT2D eigenvalue weighted by Gasteiger charge is 2.17. The third kappa shape index (κ3) is 4.37. The number of methoxy groups -OCH3 is 1. The molecule has 0 aliphatic carbocycles. The van der Waals surface area contributed by atoms with Crippen LogP contribution in [0.1, 0.15) is 48.7 Å². The van der Waals surface area contributed by atoms with Crippen LogP contribution < -0.4 is 15.0 Å². The molecule has 1 aliphatic heterocycles. The molecule has 0 aromatic heterocycles. The van der Waals surface area contributed by atoms with E-state index in [0.717, 1.165) is 30.3 Å². The van der Waals surface area contributed by atoms with E-state index in [-0.39, 0.29) is 11.9 Å². The topological polar surface area (TPSA) is 41.6 Å². The molecule has 1 N–H and O–H groups in total. The Kier molecular flexibility index (Phi) is 5.82. The molecule has 0 spiro atoms. The highest BCUT2D eigenvalue weighted by Crippen LogP contribution is 2.24. The van der Waals surface area contributed by atoms with E-state index in [1.807, 2.05) is 6.92 Å². The van der Waals surface area contributed by atoms with Crippen LogP contribution >= 0.6 is 0 Å². The number of hydrogen-bond acceptors (Lipinski definition) is 3. The first-order valence-electron chi connectivity index (χ1n) is 9.36. The predicted octanol–water partition coefficient (Wildman–Crippen LogP) is 4.42. The first-order chi connectivity index (χ1) is 12.6. The minimum atomic E-state index is -0.0749. The van der Waals surface area contributed by atoms with Crippen molar-refractivity contribution in [1.82, 2.24) is 5.32 Å². The molecule has 0 unspecified atom stereocenters. The molecule has 4 heteroatoms. The van der Waals surface area contributed by atoms with Crippen LogP contribution in [0.2, 0.25) is 0 Å². The molecule has 0 radical (unpaired) electrons. The summed E-state index contributed by atoms with van der Waals surface area (Å²) in [5.74, 6) is 1.43. The second kappa shape index (κ2) is 8.26. The summed E-state index contributed by atoms with van der Waals surface area (Å²) in [6, 6.07) is 15.7. The summed E-state index contributed by atoms with van der Waals surface area (Å²) in [4.78, 5) is 14.9. The lowest BCUT2D eigenvalue weighted by Gasteiger charge is -2.33. The molecule has 0 saturated carbocycles. The van der Waals surface area contributed by atoms with Crippen molar-refractivity contribution >= 4 is 11.6 Å². The van der Waals surface area contributed by atoms with E-state index < -0.39 is 0 Å². The summed E-state index contributed by atoms with van der Waals surface area (Å²) >= 11 is 0. The number of piperidine rings is 1. The molecule has 4 nitrogen and oxygen atoms in total. The van der Waals surface area contributed by atoms with Gasteiger partial charge in [0.15, 0.2) is 0 Å². The van der Waals surface area contributed by atoms with Gasteiger partial charge in [-0.3, -0.25) is 4.79 Å². The second-order valence-electron chi connectivity index (χ2n) is 7.21. The van der Waals surface area contributed by atoms with Crippen LogP contribution in [0.4, 0.5) is 5.69 Å². The summed E-state index contributed by atoms with van der Waals surface area (Å²) in [5, 5.41) is 3.06. The molecule has 3 rings (SSSR count). The van der Waals surface area contributed by atoms with Gasteiger partial charge in [-0.05, 0) is 67.6 Å². The molecule has 138 valence electrons. The number of carbonyl (C=O) groups excluding carboxylic acids is 1. The summed E-state index contributed by atoms with van der Waals surface area (Å²) in [6.45, 7) is 6.59. The molecule has 2 aromatic rings. The number of nitrogens with one attached hydrogen (secondary N) is 1. The Morgan fingerprint density at radius 3 is 2.46 bits per heavy atom. The lowest BCUT2D eigenvalue weighted by molar-refractivity contribution is 0.0940. The van der Waals surface area contributed by atoms with Crippen LogP contribution in [0.15, 0.2) is 48.5 Å². The average molecular weight is 352 g/mol. The molecular formula is C22H28N2O2. The molecule has 1 amide bonds. The summed E-state index contributed by atoms with van der Waals surface area (Å²) in [5.41, 5.74) is 3.02. The van der Waals surface area contributed by atoms with Crippen molar-refractivity contribution in [3.63, 3.8) is 0 Å². The largest absolute Gasteiger partial charge is 0.497 e. The zero-order valence-electron chi connectivity index (χ0n) is 15.9. The Morgan fingerprint density at radius 1 is 1.15 bits per heavy atom. The van der Waals surface area contributed by atoms with Gasteiger partial charge in [0.05, 0.1) is 13.2 Å². The van der Waals surface area contributed by atoms with Gasteiger partial charge in [0, 0.05) is 24.3 Å². The maximum absolute atomic E-state index is 12.4. The standard InChI is InChI=1S/C22H28N2O2/c1-16-5-4-14-24(15-16)20-10-6-18(7-11-20)17(2)23-22(25)19-8-12-21(26-3)13-9-19/h6-13,16-17H,4-5,14-15H2,1-3H3,(H,23,25)/t16-,17+/m1/s1. The van der Waals surface area contributed by atoms with Crippen molar-refractivity contribution in [1.29, 1.82) is 0 Å². The van der Waals surface area contributed by atoms with Crippen molar-refractivity contribution < 1.29 is 9.53 Å². The molecule has 1 fully saturated rings. The number of nitrogens with zero attached hydrogens (tertiary/aromatic N) is 1. The fourth-order valence-corrected chi connectivity index (χ4v) is 3.50. The number of ether oxygens (including phenoxy) is 1. The van der Waals surface area contributed by atoms with Crippen molar-refractivity contribution in [3.8, 4) is 5.75 Å². The number of rotatable bonds is 5. The van der Waals surface area contributed by atoms with E-state index >= 15 is 0 Å². The molecule has 2 aromatic carbocycles. The average Bonchev–Trinajstić information content (AvgIpc) is 2.68. The van der Waals surface area contributed by atoms with E-state index in [2.05, 4.69) is 41.4 Å². The minimum Gasteiger partial charge on any atom is -0.497 e. The van der Waals surface area contributed by atoms with Crippen LogP contribution in [0, 0.1) is 5.92 Å². The number of hydrogen-bond donors (Lipinski definition) is 1. The number of benzene rings is 2. The van der Waals surface area contributed by atoms with Gasteiger partial charge in [0.1, 0.15) is 5.75 Å². The van der Waals surface area contributed by atoms with Crippen LogP contribution in [0.25, 0.3) is 0 Å². The highest BCUT2D eigenvalue weighted by molar-refractivity contribution is 5.94. The molecule has 2 atom stereocenters. The van der Waals surface area contributed by atoms with Gasteiger partial charge >= 0.3 is 0 Å². The van der Waals surface area contributed by atoms with Gasteiger partial charge in [-0.25, -0.2) is 0 Å². The number of carbonyl (C=O) groups is 1. The van der Waals surface area contributed by atoms with E-state index in [1.54, 1.807) is 31.4 Å². The normalized spacial score (nSPS) is 18.3. The second-order valence-corrected chi connectivity index (χ2v) is 7.21. The summed E-state index contributed by atoms with van der Waals surface area (Å²) in [6.07, 6.45) is 2.58. The van der Waals surface area contributed by atoms with Crippen LogP contribution in [-0.4, -0.2) is 26.1 Å².